The van der Waals surface area contributed by atoms with Crippen LogP contribution in [0.15, 0.2) is 0 Å². The molecule has 0 saturated heterocycles. The Balaban J connectivity index is 4.47. The molecule has 0 aromatic heterocycles. The summed E-state index contributed by atoms with van der Waals surface area (Å²) in [6, 6.07) is 0. The van der Waals surface area contributed by atoms with Crippen molar-refractivity contribution >= 4 is 10.1 Å². The number of aliphatic hydroxyl groups excluding tert-OH is 2. The highest BCUT2D eigenvalue weighted by molar-refractivity contribution is 7.85. The molecule has 0 unspecified atom stereocenters. The first-order valence-electron chi connectivity index (χ1n) is 7.39. The van der Waals surface area contributed by atoms with E-state index >= 15 is 0 Å². The Morgan fingerprint density at radius 1 is 0.900 bits per heavy atom. The molecule has 0 aromatic rings. The molecule has 0 radical (unpaired) electrons. The molecule has 0 amide bonds. The highest BCUT2D eigenvalue weighted by atomic mass is 32.2. The maximum absolute atomic E-state index is 10.7. The smallest absolute Gasteiger partial charge is 0.102 e. The number of rotatable bonds is 13. The molecule has 2 N–H and O–H groups in total. The minimum Gasteiger partial charge on any atom is -0.748 e. The standard InChI is InChI=1S/C13H29NO5S/c1-2-3-4-5-7-14(9-11-15,10-12-16)8-6-13-20(17,18)19/h15-16H,2-13H2,1H3. The second-order valence-electron chi connectivity index (χ2n) is 5.36. The summed E-state index contributed by atoms with van der Waals surface area (Å²) in [5.41, 5.74) is 0. The van der Waals surface area contributed by atoms with E-state index in [2.05, 4.69) is 6.92 Å². The number of hydrogen-bond donors (Lipinski definition) is 2. The predicted octanol–water partition coefficient (Wildman–Crippen LogP) is 0.303. The van der Waals surface area contributed by atoms with Crippen LogP contribution in [0.3, 0.4) is 0 Å². The summed E-state index contributed by atoms with van der Waals surface area (Å²) in [4.78, 5) is 0. The van der Waals surface area contributed by atoms with Crippen molar-refractivity contribution in [3.63, 3.8) is 0 Å². The van der Waals surface area contributed by atoms with Crippen molar-refractivity contribution in [1.82, 2.24) is 0 Å². The molecule has 0 spiro atoms. The Morgan fingerprint density at radius 3 is 1.90 bits per heavy atom. The molecule has 0 heterocycles. The molecule has 122 valence electrons. The van der Waals surface area contributed by atoms with Crippen molar-refractivity contribution in [1.29, 1.82) is 0 Å². The largest absolute Gasteiger partial charge is 0.748 e. The van der Waals surface area contributed by atoms with Gasteiger partial charge in [-0.3, -0.25) is 0 Å². The van der Waals surface area contributed by atoms with Crippen molar-refractivity contribution in [2.75, 3.05) is 45.1 Å². The monoisotopic (exact) mass is 311 g/mol. The topological polar surface area (TPSA) is 97.7 Å². The SMILES string of the molecule is CCCCCC[N+](CCO)(CCO)CCCS(=O)(=O)[O-]. The molecule has 20 heavy (non-hydrogen) atoms. The van der Waals surface area contributed by atoms with Crippen molar-refractivity contribution in [2.45, 2.75) is 39.0 Å². The zero-order valence-electron chi connectivity index (χ0n) is 12.5. The minimum atomic E-state index is -4.19. The van der Waals surface area contributed by atoms with Crippen LogP contribution in [-0.2, 0) is 10.1 Å². The van der Waals surface area contributed by atoms with Gasteiger partial charge in [0.15, 0.2) is 0 Å². The minimum absolute atomic E-state index is 0.00208. The maximum atomic E-state index is 10.7. The molecule has 0 aliphatic carbocycles. The van der Waals surface area contributed by atoms with Gasteiger partial charge in [-0.1, -0.05) is 19.8 Å². The average Bonchev–Trinajstić information content (AvgIpc) is 2.34. The molecule has 0 atom stereocenters. The van der Waals surface area contributed by atoms with Crippen molar-refractivity contribution in [2.24, 2.45) is 0 Å². The Morgan fingerprint density at radius 2 is 1.45 bits per heavy atom. The summed E-state index contributed by atoms with van der Waals surface area (Å²) in [5, 5.41) is 18.4. The van der Waals surface area contributed by atoms with Gasteiger partial charge in [0.05, 0.1) is 36.4 Å². The van der Waals surface area contributed by atoms with Gasteiger partial charge in [0.25, 0.3) is 0 Å². The van der Waals surface area contributed by atoms with Gasteiger partial charge < -0.3 is 19.2 Å². The molecule has 6 nitrogen and oxygen atoms in total. The first-order chi connectivity index (χ1) is 9.39. The van der Waals surface area contributed by atoms with Crippen molar-refractivity contribution in [3.8, 4) is 0 Å². The summed E-state index contributed by atoms with van der Waals surface area (Å²) in [5.74, 6) is -0.376. The summed E-state index contributed by atoms with van der Waals surface area (Å²) in [6.45, 7) is 4.42. The Labute approximate surface area is 122 Å². The lowest BCUT2D eigenvalue weighted by atomic mass is 10.1. The van der Waals surface area contributed by atoms with E-state index in [-0.39, 0.29) is 25.4 Å². The fourth-order valence-electron chi connectivity index (χ4n) is 2.55. The molecule has 0 rings (SSSR count). The van der Waals surface area contributed by atoms with Crippen LogP contribution in [0.25, 0.3) is 0 Å². The summed E-state index contributed by atoms with van der Waals surface area (Å²) in [6.07, 6.45) is 4.63. The quantitative estimate of drug-likeness (QED) is 0.290. The number of aliphatic hydroxyl groups is 2. The van der Waals surface area contributed by atoms with Crippen LogP contribution in [0.2, 0.25) is 0 Å². The van der Waals surface area contributed by atoms with Crippen LogP contribution in [0, 0.1) is 0 Å². The van der Waals surface area contributed by atoms with Crippen LogP contribution >= 0.6 is 0 Å². The van der Waals surface area contributed by atoms with Crippen LogP contribution in [0.5, 0.6) is 0 Å². The lowest BCUT2D eigenvalue weighted by Gasteiger charge is -2.38. The van der Waals surface area contributed by atoms with Crippen LogP contribution in [0.1, 0.15) is 39.0 Å². The van der Waals surface area contributed by atoms with Crippen LogP contribution in [0.4, 0.5) is 0 Å². The van der Waals surface area contributed by atoms with E-state index in [0.29, 0.717) is 24.1 Å². The van der Waals surface area contributed by atoms with E-state index in [4.69, 9.17) is 0 Å². The summed E-state index contributed by atoms with van der Waals surface area (Å²) in [7, 11) is -4.19. The van der Waals surface area contributed by atoms with E-state index in [0.717, 1.165) is 32.2 Å². The lowest BCUT2D eigenvalue weighted by molar-refractivity contribution is -0.928. The lowest BCUT2D eigenvalue weighted by Crippen LogP contribution is -2.53. The fraction of sp³-hybridized carbons (Fsp3) is 1.00. The molecule has 0 aliphatic rings. The van der Waals surface area contributed by atoms with E-state index in [1.165, 1.54) is 0 Å². The first-order valence-corrected chi connectivity index (χ1v) is 8.97. The first kappa shape index (κ1) is 19.8. The van der Waals surface area contributed by atoms with Crippen LogP contribution in [-0.4, -0.2) is 72.8 Å². The second kappa shape index (κ2) is 10.5. The van der Waals surface area contributed by atoms with E-state index < -0.39 is 10.1 Å². The van der Waals surface area contributed by atoms with Gasteiger partial charge in [0.2, 0.25) is 0 Å². The summed E-state index contributed by atoms with van der Waals surface area (Å²) >= 11 is 0. The molecular weight excluding hydrogens is 282 g/mol. The normalized spacial score (nSPS) is 12.8. The molecule has 0 fully saturated rings. The number of hydrogen-bond acceptors (Lipinski definition) is 5. The molecular formula is C13H29NO5S. The Kier molecular flexibility index (Phi) is 10.4. The van der Waals surface area contributed by atoms with Gasteiger partial charge >= 0.3 is 0 Å². The molecule has 0 saturated carbocycles. The van der Waals surface area contributed by atoms with E-state index in [1.54, 1.807) is 0 Å². The number of nitrogens with zero attached hydrogens (tertiary/aromatic N) is 1. The highest BCUT2D eigenvalue weighted by Gasteiger charge is 2.25. The third-order valence-electron chi connectivity index (χ3n) is 3.66. The molecule has 0 bridgehead atoms. The van der Waals surface area contributed by atoms with E-state index in [9.17, 15) is 23.2 Å². The average molecular weight is 311 g/mol. The molecule has 7 heteroatoms. The Hall–Kier alpha value is -0.210. The van der Waals surface area contributed by atoms with Gasteiger partial charge in [-0.2, -0.15) is 0 Å². The number of quaternary nitrogens is 1. The summed E-state index contributed by atoms with van der Waals surface area (Å²) < 4.78 is 32.5. The van der Waals surface area contributed by atoms with Gasteiger partial charge in [-0.25, -0.2) is 8.42 Å². The Bertz CT molecular complexity index is 326. The van der Waals surface area contributed by atoms with E-state index in [1.807, 2.05) is 0 Å². The second-order valence-corrected chi connectivity index (χ2v) is 6.88. The van der Waals surface area contributed by atoms with Crippen molar-refractivity contribution in [3.05, 3.63) is 0 Å². The highest BCUT2D eigenvalue weighted by Crippen LogP contribution is 2.12. The molecule has 0 aliphatic heterocycles. The van der Waals surface area contributed by atoms with Gasteiger partial charge in [-0.05, 0) is 12.8 Å². The third kappa shape index (κ3) is 9.66. The zero-order chi connectivity index (χ0) is 15.5. The predicted molar refractivity (Wildman–Crippen MR) is 77.2 cm³/mol. The zero-order valence-corrected chi connectivity index (χ0v) is 13.3. The maximum Gasteiger partial charge on any atom is 0.102 e. The third-order valence-corrected chi connectivity index (χ3v) is 4.45. The number of unbranched alkanes of at least 4 members (excludes halogenated alkanes) is 3. The van der Waals surface area contributed by atoms with Crippen molar-refractivity contribution < 1.29 is 27.7 Å². The van der Waals surface area contributed by atoms with Gasteiger partial charge in [0.1, 0.15) is 13.1 Å². The van der Waals surface area contributed by atoms with Crippen LogP contribution < -0.4 is 0 Å². The molecule has 0 aromatic carbocycles. The fourth-order valence-corrected chi connectivity index (χ4v) is 3.03. The van der Waals surface area contributed by atoms with Gasteiger partial charge in [0, 0.05) is 12.2 Å². The van der Waals surface area contributed by atoms with Gasteiger partial charge in [-0.15, -0.1) is 0 Å².